The summed E-state index contributed by atoms with van der Waals surface area (Å²) < 4.78 is 42.1. The van der Waals surface area contributed by atoms with Crippen LogP contribution in [0.5, 0.6) is 0 Å². The first kappa shape index (κ1) is 12.8. The van der Waals surface area contributed by atoms with E-state index >= 15 is 0 Å². The van der Waals surface area contributed by atoms with E-state index in [1.165, 1.54) is 0 Å². The molecule has 16 heavy (non-hydrogen) atoms. The second kappa shape index (κ2) is 4.73. The van der Waals surface area contributed by atoms with Crippen LogP contribution in [0.25, 0.3) is 0 Å². The molecule has 1 aromatic rings. The Balaban J connectivity index is 3.07. The van der Waals surface area contributed by atoms with Crippen LogP contribution in [-0.4, -0.2) is 34.0 Å². The number of hydrogen-bond acceptors (Lipinski definition) is 4. The molecule has 0 aliphatic carbocycles. The molecule has 0 saturated heterocycles. The number of carboxylic acid groups (broad SMARTS) is 1. The normalized spacial score (nSPS) is 13.3. The standard InChI is InChI=1S/C8H8O6S2/c9-8(10)5-16(13,14)7-3-1-6(2-4-7)15(11)12/h1-4H,5H2,(H,9,10)(H,11,12). The number of carboxylic acids is 1. The Hall–Kier alpha value is -1.25. The predicted molar refractivity (Wildman–Crippen MR) is 55.2 cm³/mol. The predicted octanol–water partition coefficient (Wildman–Crippen LogP) is 0.126. The number of rotatable bonds is 4. The first-order valence-electron chi connectivity index (χ1n) is 3.98. The van der Waals surface area contributed by atoms with Crippen LogP contribution in [0, 0.1) is 0 Å². The molecule has 0 radical (unpaired) electrons. The third kappa shape index (κ3) is 3.12. The largest absolute Gasteiger partial charge is 0.480 e. The van der Waals surface area contributed by atoms with Crippen LogP contribution in [-0.2, 0) is 25.7 Å². The Morgan fingerprint density at radius 2 is 1.75 bits per heavy atom. The smallest absolute Gasteiger partial charge is 0.319 e. The van der Waals surface area contributed by atoms with Gasteiger partial charge in [-0.2, -0.15) is 0 Å². The van der Waals surface area contributed by atoms with Gasteiger partial charge in [0.2, 0.25) is 0 Å². The van der Waals surface area contributed by atoms with E-state index in [1.54, 1.807) is 0 Å². The second-order valence-corrected chi connectivity index (χ2v) is 5.83. The summed E-state index contributed by atoms with van der Waals surface area (Å²) in [5.74, 6) is -2.45. The van der Waals surface area contributed by atoms with Gasteiger partial charge in [0.25, 0.3) is 0 Å². The Labute approximate surface area is 94.1 Å². The molecule has 1 atom stereocenters. The van der Waals surface area contributed by atoms with Crippen LogP contribution < -0.4 is 0 Å². The molecule has 0 spiro atoms. The maximum Gasteiger partial charge on any atom is 0.319 e. The molecule has 88 valence electrons. The number of sulfone groups is 1. The van der Waals surface area contributed by atoms with Gasteiger partial charge in [-0.1, -0.05) is 0 Å². The first-order chi connectivity index (χ1) is 7.33. The van der Waals surface area contributed by atoms with Crippen molar-refractivity contribution in [3.63, 3.8) is 0 Å². The van der Waals surface area contributed by atoms with Crippen LogP contribution >= 0.6 is 0 Å². The number of benzene rings is 1. The highest BCUT2D eigenvalue weighted by molar-refractivity contribution is 7.92. The number of carbonyl (C=O) groups is 1. The van der Waals surface area contributed by atoms with E-state index in [0.29, 0.717) is 0 Å². The zero-order valence-corrected chi connectivity index (χ0v) is 9.49. The quantitative estimate of drug-likeness (QED) is 0.748. The van der Waals surface area contributed by atoms with E-state index in [1.807, 2.05) is 0 Å². The zero-order chi connectivity index (χ0) is 12.3. The van der Waals surface area contributed by atoms with Gasteiger partial charge in [0.1, 0.15) is 0 Å². The summed E-state index contributed by atoms with van der Waals surface area (Å²) in [7, 11) is -3.88. The maximum absolute atomic E-state index is 11.4. The lowest BCUT2D eigenvalue weighted by Crippen LogP contribution is -2.15. The summed E-state index contributed by atoms with van der Waals surface area (Å²) in [4.78, 5) is 10.2. The van der Waals surface area contributed by atoms with Crippen LogP contribution in [0.1, 0.15) is 0 Å². The Bertz CT molecular complexity index is 516. The highest BCUT2D eigenvalue weighted by Crippen LogP contribution is 2.13. The third-order valence-corrected chi connectivity index (χ3v) is 3.99. The number of hydrogen-bond donors (Lipinski definition) is 2. The van der Waals surface area contributed by atoms with E-state index in [4.69, 9.17) is 9.66 Å². The Morgan fingerprint density at radius 3 is 2.12 bits per heavy atom. The fourth-order valence-corrected chi connectivity index (χ4v) is 2.42. The van der Waals surface area contributed by atoms with Crippen molar-refractivity contribution in [2.75, 3.05) is 5.75 Å². The number of aliphatic carboxylic acids is 1. The lowest BCUT2D eigenvalue weighted by atomic mass is 10.4. The van der Waals surface area contributed by atoms with Gasteiger partial charge in [0, 0.05) is 0 Å². The first-order valence-corrected chi connectivity index (χ1v) is 6.74. The molecule has 0 aromatic heterocycles. The minimum atomic E-state index is -3.88. The molecule has 0 aliphatic rings. The van der Waals surface area contributed by atoms with Crippen molar-refractivity contribution < 1.29 is 27.1 Å². The Morgan fingerprint density at radius 1 is 1.25 bits per heavy atom. The van der Waals surface area contributed by atoms with E-state index in [-0.39, 0.29) is 9.79 Å². The summed E-state index contributed by atoms with van der Waals surface area (Å²) in [6, 6.07) is 4.51. The molecule has 8 heteroatoms. The molecule has 0 aliphatic heterocycles. The molecule has 0 heterocycles. The van der Waals surface area contributed by atoms with Crippen molar-refractivity contribution in [3.8, 4) is 0 Å². The average molecular weight is 264 g/mol. The molecule has 2 N–H and O–H groups in total. The van der Waals surface area contributed by atoms with E-state index < -0.39 is 32.6 Å². The minimum absolute atomic E-state index is 0.0503. The zero-order valence-electron chi connectivity index (χ0n) is 7.86. The lowest BCUT2D eigenvalue weighted by Gasteiger charge is -2.01. The van der Waals surface area contributed by atoms with Crippen molar-refractivity contribution in [3.05, 3.63) is 24.3 Å². The van der Waals surface area contributed by atoms with Gasteiger partial charge < -0.3 is 9.66 Å². The third-order valence-electron chi connectivity index (χ3n) is 1.70. The van der Waals surface area contributed by atoms with E-state index in [2.05, 4.69) is 0 Å². The topological polar surface area (TPSA) is 109 Å². The minimum Gasteiger partial charge on any atom is -0.480 e. The van der Waals surface area contributed by atoms with Crippen molar-refractivity contribution in [1.29, 1.82) is 0 Å². The van der Waals surface area contributed by atoms with Crippen molar-refractivity contribution in [2.45, 2.75) is 9.79 Å². The molecule has 0 saturated carbocycles. The van der Waals surface area contributed by atoms with Crippen molar-refractivity contribution >= 4 is 26.9 Å². The fourth-order valence-electron chi connectivity index (χ4n) is 1.01. The highest BCUT2D eigenvalue weighted by Gasteiger charge is 2.18. The van der Waals surface area contributed by atoms with E-state index in [9.17, 15) is 17.4 Å². The SMILES string of the molecule is O=C(O)CS(=O)(=O)c1ccc(S(=O)O)cc1. The molecule has 0 amide bonds. The summed E-state index contributed by atoms with van der Waals surface area (Å²) in [5, 5.41) is 8.39. The van der Waals surface area contributed by atoms with Crippen LogP contribution in [0.3, 0.4) is 0 Å². The summed E-state index contributed by atoms with van der Waals surface area (Å²) in [6.07, 6.45) is 0. The highest BCUT2D eigenvalue weighted by atomic mass is 32.2. The van der Waals surface area contributed by atoms with Crippen LogP contribution in [0.2, 0.25) is 0 Å². The van der Waals surface area contributed by atoms with Gasteiger partial charge in [-0.15, -0.1) is 0 Å². The van der Waals surface area contributed by atoms with Crippen molar-refractivity contribution in [1.82, 2.24) is 0 Å². The average Bonchev–Trinajstić information content (AvgIpc) is 2.16. The molecule has 1 aromatic carbocycles. The molecular weight excluding hydrogens is 256 g/mol. The monoisotopic (exact) mass is 264 g/mol. The summed E-state index contributed by atoms with van der Waals surface area (Å²) in [6.45, 7) is 0. The lowest BCUT2D eigenvalue weighted by molar-refractivity contribution is -0.134. The molecular formula is C8H8O6S2. The molecule has 0 fully saturated rings. The summed E-state index contributed by atoms with van der Waals surface area (Å²) >= 11 is -2.19. The summed E-state index contributed by atoms with van der Waals surface area (Å²) in [5.41, 5.74) is 0. The van der Waals surface area contributed by atoms with Gasteiger partial charge in [-0.05, 0) is 24.3 Å². The maximum atomic E-state index is 11.4. The van der Waals surface area contributed by atoms with Gasteiger partial charge in [-0.3, -0.25) is 4.79 Å². The fraction of sp³-hybridized carbons (Fsp3) is 0.125. The molecule has 1 unspecified atom stereocenters. The van der Waals surface area contributed by atoms with E-state index in [0.717, 1.165) is 24.3 Å². The molecule has 6 nitrogen and oxygen atoms in total. The molecule has 0 bridgehead atoms. The van der Waals surface area contributed by atoms with Crippen molar-refractivity contribution in [2.24, 2.45) is 0 Å². The van der Waals surface area contributed by atoms with Gasteiger partial charge >= 0.3 is 5.97 Å². The van der Waals surface area contributed by atoms with Crippen LogP contribution in [0.15, 0.2) is 34.1 Å². The Kier molecular flexibility index (Phi) is 3.79. The van der Waals surface area contributed by atoms with Gasteiger partial charge in [0.15, 0.2) is 26.7 Å². The second-order valence-electron chi connectivity index (χ2n) is 2.87. The van der Waals surface area contributed by atoms with Crippen LogP contribution in [0.4, 0.5) is 0 Å². The van der Waals surface area contributed by atoms with Gasteiger partial charge in [0.05, 0.1) is 9.79 Å². The van der Waals surface area contributed by atoms with Gasteiger partial charge in [-0.25, -0.2) is 12.6 Å². The molecule has 1 rings (SSSR count).